The highest BCUT2D eigenvalue weighted by Crippen LogP contribution is 2.65. The van der Waals surface area contributed by atoms with Crippen molar-refractivity contribution in [1.82, 2.24) is 0 Å². The van der Waals surface area contributed by atoms with Gasteiger partial charge in [0.1, 0.15) is 0 Å². The molecule has 1 aliphatic carbocycles. The van der Waals surface area contributed by atoms with Crippen LogP contribution in [0.15, 0.2) is 60.7 Å². The van der Waals surface area contributed by atoms with Gasteiger partial charge in [-0.15, -0.1) is 0 Å². The standard InChI is InChI=1S/C20H16O6/c21-16-23-18(14-8-3-1-4-9-14)12-7-13-19(15-10-5-2-6-11-15)20(18,25-16)26-17(22)24-19/h1-6,8-11H,7,12-13H2. The van der Waals surface area contributed by atoms with Crippen molar-refractivity contribution in [2.24, 2.45) is 0 Å². The topological polar surface area (TPSA) is 71.1 Å². The first kappa shape index (κ1) is 15.3. The molecule has 0 N–H and O–H groups in total. The van der Waals surface area contributed by atoms with Gasteiger partial charge < -0.3 is 18.9 Å². The Labute approximate surface area is 149 Å². The third kappa shape index (κ3) is 1.66. The molecule has 2 atom stereocenters. The van der Waals surface area contributed by atoms with Crippen LogP contribution in [0.5, 0.6) is 0 Å². The van der Waals surface area contributed by atoms with E-state index in [1.807, 2.05) is 60.7 Å². The van der Waals surface area contributed by atoms with E-state index in [0.717, 1.165) is 0 Å². The molecule has 2 aliphatic heterocycles. The molecule has 0 aromatic heterocycles. The van der Waals surface area contributed by atoms with Crippen molar-refractivity contribution in [3.05, 3.63) is 71.8 Å². The molecular weight excluding hydrogens is 336 g/mol. The Hall–Kier alpha value is -3.02. The Morgan fingerprint density at radius 2 is 1.04 bits per heavy atom. The summed E-state index contributed by atoms with van der Waals surface area (Å²) in [5, 5.41) is 0. The maximum Gasteiger partial charge on any atom is 0.513 e. The van der Waals surface area contributed by atoms with E-state index in [4.69, 9.17) is 18.9 Å². The second-order valence-corrected chi connectivity index (χ2v) is 6.76. The van der Waals surface area contributed by atoms with Gasteiger partial charge in [-0.25, -0.2) is 9.59 Å². The first-order chi connectivity index (χ1) is 12.6. The van der Waals surface area contributed by atoms with Crippen LogP contribution in [0.3, 0.4) is 0 Å². The summed E-state index contributed by atoms with van der Waals surface area (Å²) < 4.78 is 22.7. The molecule has 132 valence electrons. The van der Waals surface area contributed by atoms with E-state index in [1.165, 1.54) is 0 Å². The Bertz CT molecular complexity index is 806. The summed E-state index contributed by atoms with van der Waals surface area (Å²) in [6, 6.07) is 18.5. The van der Waals surface area contributed by atoms with E-state index >= 15 is 0 Å². The maximum absolute atomic E-state index is 12.3. The van der Waals surface area contributed by atoms with Gasteiger partial charge >= 0.3 is 18.1 Å². The van der Waals surface area contributed by atoms with Gasteiger partial charge in [-0.3, -0.25) is 0 Å². The zero-order chi connectivity index (χ0) is 17.8. The van der Waals surface area contributed by atoms with Crippen LogP contribution in [0.4, 0.5) is 9.59 Å². The van der Waals surface area contributed by atoms with Crippen molar-refractivity contribution in [2.45, 2.75) is 36.3 Å². The van der Waals surface area contributed by atoms with Crippen LogP contribution in [-0.4, -0.2) is 18.1 Å². The highest BCUT2D eigenvalue weighted by molar-refractivity contribution is 5.72. The molecule has 3 fully saturated rings. The quantitative estimate of drug-likeness (QED) is 0.761. The third-order valence-corrected chi connectivity index (χ3v) is 5.57. The van der Waals surface area contributed by atoms with Crippen molar-refractivity contribution < 1.29 is 28.5 Å². The van der Waals surface area contributed by atoms with Gasteiger partial charge in [-0.2, -0.15) is 0 Å². The van der Waals surface area contributed by atoms with Crippen molar-refractivity contribution >= 4 is 12.3 Å². The molecule has 6 heteroatoms. The highest BCUT2D eigenvalue weighted by atomic mass is 16.9. The van der Waals surface area contributed by atoms with Crippen LogP contribution >= 0.6 is 0 Å². The molecule has 26 heavy (non-hydrogen) atoms. The molecule has 2 heterocycles. The maximum atomic E-state index is 12.3. The Balaban J connectivity index is 1.80. The zero-order valence-electron chi connectivity index (χ0n) is 13.8. The van der Waals surface area contributed by atoms with Gasteiger partial charge in [-0.05, 0) is 19.3 Å². The fraction of sp³-hybridized carbons (Fsp3) is 0.300. The fourth-order valence-corrected chi connectivity index (χ4v) is 4.59. The molecule has 3 aliphatic rings. The number of carbonyl (C=O) groups excluding carboxylic acids is 2. The summed E-state index contributed by atoms with van der Waals surface area (Å²) >= 11 is 0. The summed E-state index contributed by atoms with van der Waals surface area (Å²) in [6.07, 6.45) is -0.135. The minimum Gasteiger partial charge on any atom is -0.414 e. The third-order valence-electron chi connectivity index (χ3n) is 5.57. The summed E-state index contributed by atoms with van der Waals surface area (Å²) in [7, 11) is 0. The van der Waals surface area contributed by atoms with Crippen molar-refractivity contribution in [3.8, 4) is 0 Å². The monoisotopic (exact) mass is 352 g/mol. The lowest BCUT2D eigenvalue weighted by molar-refractivity contribution is -0.271. The van der Waals surface area contributed by atoms with Crippen LogP contribution in [0, 0.1) is 0 Å². The van der Waals surface area contributed by atoms with E-state index in [-0.39, 0.29) is 0 Å². The van der Waals surface area contributed by atoms with E-state index < -0.39 is 29.3 Å². The van der Waals surface area contributed by atoms with Gasteiger partial charge in [0.05, 0.1) is 0 Å². The Morgan fingerprint density at radius 3 is 1.46 bits per heavy atom. The predicted octanol–water partition coefficient (Wildman–Crippen LogP) is 3.99. The first-order valence-electron chi connectivity index (χ1n) is 8.57. The Kier molecular flexibility index (Phi) is 2.93. The summed E-state index contributed by atoms with van der Waals surface area (Å²) in [4.78, 5) is 24.6. The molecule has 2 saturated heterocycles. The number of benzene rings is 2. The lowest BCUT2D eigenvalue weighted by atomic mass is 9.64. The SMILES string of the molecule is O=C1OC2(c3ccccc3)CCCC3(c4ccccc4)OC(=O)OC23O1. The van der Waals surface area contributed by atoms with Crippen LogP contribution in [0.2, 0.25) is 0 Å². The smallest absolute Gasteiger partial charge is 0.414 e. The fourth-order valence-electron chi connectivity index (χ4n) is 4.59. The number of hydrogen-bond acceptors (Lipinski definition) is 6. The summed E-state index contributed by atoms with van der Waals surface area (Å²) in [5.74, 6) is -1.70. The lowest BCUT2D eigenvalue weighted by Gasteiger charge is -2.48. The molecule has 6 nitrogen and oxygen atoms in total. The molecule has 1 saturated carbocycles. The molecule has 0 bridgehead atoms. The van der Waals surface area contributed by atoms with Crippen LogP contribution in [0.25, 0.3) is 0 Å². The molecule has 2 aromatic rings. The summed E-state index contributed by atoms with van der Waals surface area (Å²) in [6.45, 7) is 0. The van der Waals surface area contributed by atoms with Gasteiger partial charge in [0.2, 0.25) is 11.2 Å². The van der Waals surface area contributed by atoms with Crippen molar-refractivity contribution in [1.29, 1.82) is 0 Å². The minimum absolute atomic E-state index is 0.466. The number of carbonyl (C=O) groups is 2. The molecule has 2 unspecified atom stereocenters. The summed E-state index contributed by atoms with van der Waals surface area (Å²) in [5.41, 5.74) is -1.09. The van der Waals surface area contributed by atoms with Crippen molar-refractivity contribution in [3.63, 3.8) is 0 Å². The highest BCUT2D eigenvalue weighted by Gasteiger charge is 2.83. The van der Waals surface area contributed by atoms with E-state index in [2.05, 4.69) is 0 Å². The lowest BCUT2D eigenvalue weighted by Crippen LogP contribution is -2.63. The second-order valence-electron chi connectivity index (χ2n) is 6.76. The van der Waals surface area contributed by atoms with Crippen LogP contribution in [-0.2, 0) is 30.1 Å². The second kappa shape index (κ2) is 5.00. The molecular formula is C20H16O6. The molecule has 5 rings (SSSR count). The minimum atomic E-state index is -1.70. The molecule has 0 radical (unpaired) electrons. The molecule has 1 spiro atoms. The van der Waals surface area contributed by atoms with Gasteiger partial charge in [0.15, 0.2) is 0 Å². The van der Waals surface area contributed by atoms with Crippen LogP contribution < -0.4 is 0 Å². The zero-order valence-corrected chi connectivity index (χ0v) is 13.8. The number of hydrogen-bond donors (Lipinski definition) is 0. The van der Waals surface area contributed by atoms with Gasteiger partial charge in [-0.1, -0.05) is 60.7 Å². The molecule has 2 aromatic carbocycles. The predicted molar refractivity (Wildman–Crippen MR) is 88.0 cm³/mol. The van der Waals surface area contributed by atoms with E-state index in [9.17, 15) is 9.59 Å². The van der Waals surface area contributed by atoms with Crippen molar-refractivity contribution in [2.75, 3.05) is 0 Å². The van der Waals surface area contributed by atoms with E-state index in [1.54, 1.807) is 0 Å². The number of ether oxygens (including phenoxy) is 4. The van der Waals surface area contributed by atoms with E-state index in [0.29, 0.717) is 30.4 Å². The number of rotatable bonds is 2. The first-order valence-corrected chi connectivity index (χ1v) is 8.57. The average molecular weight is 352 g/mol. The normalized spacial score (nSPS) is 34.8. The molecule has 0 amide bonds. The average Bonchev–Trinajstić information content (AvgIpc) is 3.13. The Morgan fingerprint density at radius 1 is 0.615 bits per heavy atom. The van der Waals surface area contributed by atoms with Gasteiger partial charge in [0, 0.05) is 11.1 Å². The van der Waals surface area contributed by atoms with Crippen LogP contribution in [0.1, 0.15) is 30.4 Å². The largest absolute Gasteiger partial charge is 0.513 e. The van der Waals surface area contributed by atoms with Gasteiger partial charge in [0.25, 0.3) is 0 Å².